The van der Waals surface area contributed by atoms with Crippen molar-refractivity contribution in [2.45, 2.75) is 70.9 Å². The van der Waals surface area contributed by atoms with Gasteiger partial charge in [-0.05, 0) is 53.9 Å². The van der Waals surface area contributed by atoms with E-state index in [1.165, 1.54) is 0 Å². The molecule has 1 aliphatic carbocycles. The van der Waals surface area contributed by atoms with Crippen molar-refractivity contribution in [3.8, 4) is 11.1 Å². The van der Waals surface area contributed by atoms with E-state index < -0.39 is 29.6 Å². The molecule has 0 spiro atoms. The summed E-state index contributed by atoms with van der Waals surface area (Å²) in [6, 6.07) is 15.1. The number of carboxylic acid groups (broad SMARTS) is 1. The minimum atomic E-state index is -1.26. The second kappa shape index (κ2) is 11.4. The predicted molar refractivity (Wildman–Crippen MR) is 135 cm³/mol. The zero-order valence-electron chi connectivity index (χ0n) is 21.0. The molecule has 1 aliphatic rings. The van der Waals surface area contributed by atoms with E-state index in [4.69, 9.17) is 4.74 Å². The van der Waals surface area contributed by atoms with Crippen molar-refractivity contribution >= 4 is 18.0 Å². The first-order chi connectivity index (χ1) is 16.7. The average molecular weight is 481 g/mol. The van der Waals surface area contributed by atoms with Gasteiger partial charge in [-0.2, -0.15) is 0 Å². The van der Waals surface area contributed by atoms with Gasteiger partial charge in [0.25, 0.3) is 0 Å². The van der Waals surface area contributed by atoms with Crippen LogP contribution in [0.2, 0.25) is 0 Å². The maximum Gasteiger partial charge on any atom is 0.408 e. The Morgan fingerprint density at radius 2 is 1.49 bits per heavy atom. The van der Waals surface area contributed by atoms with E-state index in [0.29, 0.717) is 31.6 Å². The monoisotopic (exact) mass is 480 g/mol. The number of aliphatic carboxylic acids is 1. The number of hydrogen-bond donors (Lipinski definition) is 3. The van der Waals surface area contributed by atoms with Crippen LogP contribution in [0, 0.1) is 5.92 Å². The molecule has 3 rings (SSSR count). The summed E-state index contributed by atoms with van der Waals surface area (Å²) in [6.45, 7) is 7.72. The molecule has 35 heavy (non-hydrogen) atoms. The Kier molecular flexibility index (Phi) is 8.54. The van der Waals surface area contributed by atoms with Crippen molar-refractivity contribution in [1.29, 1.82) is 0 Å². The summed E-state index contributed by atoms with van der Waals surface area (Å²) in [7, 11) is 0. The minimum Gasteiger partial charge on any atom is -0.480 e. The first kappa shape index (κ1) is 26.3. The minimum absolute atomic E-state index is 0.0907. The van der Waals surface area contributed by atoms with Gasteiger partial charge in [-0.15, -0.1) is 0 Å². The SMILES string of the molecule is CCC(CC)(NC(=O)OCC1c2ccccc2-c2ccccc21)C(=O)NC(CCC(C)C)C(=O)O. The lowest BCUT2D eigenvalue weighted by atomic mass is 9.91. The van der Waals surface area contributed by atoms with Crippen molar-refractivity contribution in [2.75, 3.05) is 6.61 Å². The number of ether oxygens (including phenoxy) is 1. The van der Waals surface area contributed by atoms with Crippen molar-refractivity contribution < 1.29 is 24.2 Å². The number of rotatable bonds is 11. The van der Waals surface area contributed by atoms with Gasteiger partial charge in [0.15, 0.2) is 0 Å². The number of nitrogens with one attached hydrogen (secondary N) is 2. The highest BCUT2D eigenvalue weighted by Crippen LogP contribution is 2.44. The number of carboxylic acids is 1. The third kappa shape index (κ3) is 5.84. The van der Waals surface area contributed by atoms with E-state index in [2.05, 4.69) is 22.8 Å². The molecule has 3 N–H and O–H groups in total. The molecule has 188 valence electrons. The molecule has 0 bridgehead atoms. The number of alkyl carbamates (subject to hydrolysis) is 1. The van der Waals surface area contributed by atoms with Gasteiger partial charge in [-0.1, -0.05) is 76.2 Å². The molecule has 7 heteroatoms. The van der Waals surface area contributed by atoms with Crippen molar-refractivity contribution in [3.05, 3.63) is 59.7 Å². The van der Waals surface area contributed by atoms with Crippen LogP contribution in [-0.2, 0) is 14.3 Å². The van der Waals surface area contributed by atoms with Crippen LogP contribution >= 0.6 is 0 Å². The second-order valence-corrected chi connectivity index (χ2v) is 9.58. The molecule has 2 aromatic rings. The van der Waals surface area contributed by atoms with Crippen LogP contribution in [0.15, 0.2) is 48.5 Å². The van der Waals surface area contributed by atoms with Gasteiger partial charge in [0.05, 0.1) is 0 Å². The van der Waals surface area contributed by atoms with Gasteiger partial charge >= 0.3 is 12.1 Å². The fourth-order valence-corrected chi connectivity index (χ4v) is 4.69. The molecular weight excluding hydrogens is 444 g/mol. The molecule has 0 saturated heterocycles. The highest BCUT2D eigenvalue weighted by atomic mass is 16.5. The quantitative estimate of drug-likeness (QED) is 0.416. The van der Waals surface area contributed by atoms with Crippen LogP contribution in [0.25, 0.3) is 11.1 Å². The Morgan fingerprint density at radius 3 is 1.97 bits per heavy atom. The lowest BCUT2D eigenvalue weighted by Gasteiger charge is -2.32. The molecule has 7 nitrogen and oxygen atoms in total. The maximum absolute atomic E-state index is 13.2. The summed E-state index contributed by atoms with van der Waals surface area (Å²) < 4.78 is 5.63. The molecule has 0 aromatic heterocycles. The first-order valence-electron chi connectivity index (χ1n) is 12.4. The molecular formula is C28H36N2O5. The third-order valence-electron chi connectivity index (χ3n) is 6.96. The normalized spacial score (nSPS) is 13.6. The van der Waals surface area contributed by atoms with Crippen LogP contribution in [0.4, 0.5) is 4.79 Å². The molecule has 1 unspecified atom stereocenters. The van der Waals surface area contributed by atoms with Crippen molar-refractivity contribution in [2.24, 2.45) is 5.92 Å². The topological polar surface area (TPSA) is 105 Å². The lowest BCUT2D eigenvalue weighted by Crippen LogP contribution is -2.60. The van der Waals surface area contributed by atoms with Gasteiger partial charge in [0.2, 0.25) is 5.91 Å². The second-order valence-electron chi connectivity index (χ2n) is 9.58. The maximum atomic E-state index is 13.2. The van der Waals surface area contributed by atoms with Gasteiger partial charge in [-0.25, -0.2) is 9.59 Å². The van der Waals surface area contributed by atoms with Crippen LogP contribution in [0.3, 0.4) is 0 Å². The largest absolute Gasteiger partial charge is 0.480 e. The fourth-order valence-electron chi connectivity index (χ4n) is 4.69. The van der Waals surface area contributed by atoms with Crippen LogP contribution in [0.1, 0.15) is 70.4 Å². The number of fused-ring (bicyclic) bond motifs is 3. The Morgan fingerprint density at radius 1 is 0.943 bits per heavy atom. The van der Waals surface area contributed by atoms with E-state index in [-0.39, 0.29) is 12.5 Å². The fraction of sp³-hybridized carbons (Fsp3) is 0.464. The van der Waals surface area contributed by atoms with E-state index in [9.17, 15) is 19.5 Å². The number of carbonyl (C=O) groups excluding carboxylic acids is 2. The van der Waals surface area contributed by atoms with Crippen molar-refractivity contribution in [3.63, 3.8) is 0 Å². The highest BCUT2D eigenvalue weighted by molar-refractivity contribution is 5.92. The molecule has 0 fully saturated rings. The van der Waals surface area contributed by atoms with Crippen LogP contribution in [0.5, 0.6) is 0 Å². The zero-order chi connectivity index (χ0) is 25.6. The van der Waals surface area contributed by atoms with E-state index in [1.54, 1.807) is 13.8 Å². The summed E-state index contributed by atoms with van der Waals surface area (Å²) in [5.74, 6) is -1.37. The van der Waals surface area contributed by atoms with Gasteiger partial charge in [0.1, 0.15) is 18.2 Å². The van der Waals surface area contributed by atoms with Gasteiger partial charge in [0, 0.05) is 5.92 Å². The van der Waals surface area contributed by atoms with Crippen LogP contribution < -0.4 is 10.6 Å². The predicted octanol–water partition coefficient (Wildman–Crippen LogP) is 5.09. The number of amides is 2. The number of carbonyl (C=O) groups is 3. The zero-order valence-corrected chi connectivity index (χ0v) is 21.0. The third-order valence-corrected chi connectivity index (χ3v) is 6.96. The van der Waals surface area contributed by atoms with E-state index in [1.807, 2.05) is 50.2 Å². The molecule has 2 aromatic carbocycles. The molecule has 1 atom stereocenters. The molecule has 2 amide bonds. The standard InChI is InChI=1S/C28H36N2O5/c1-5-28(6-2,26(33)29-24(25(31)32)16-15-18(3)4)30-27(34)35-17-23-21-13-9-7-11-19(21)20-12-8-10-14-22(20)23/h7-14,18,23-24H,5-6,15-17H2,1-4H3,(H,29,33)(H,30,34)(H,31,32). The molecule has 0 heterocycles. The summed E-state index contributed by atoms with van der Waals surface area (Å²) >= 11 is 0. The van der Waals surface area contributed by atoms with E-state index in [0.717, 1.165) is 22.3 Å². The molecule has 0 radical (unpaired) electrons. The Balaban J connectivity index is 1.69. The first-order valence-corrected chi connectivity index (χ1v) is 12.4. The Hall–Kier alpha value is -3.35. The number of hydrogen-bond acceptors (Lipinski definition) is 4. The Labute approximate surface area is 207 Å². The summed E-state index contributed by atoms with van der Waals surface area (Å²) in [5, 5.41) is 14.9. The lowest BCUT2D eigenvalue weighted by molar-refractivity contribution is -0.143. The van der Waals surface area contributed by atoms with Crippen molar-refractivity contribution in [1.82, 2.24) is 10.6 Å². The summed E-state index contributed by atoms with van der Waals surface area (Å²) in [5.41, 5.74) is 3.22. The highest BCUT2D eigenvalue weighted by Gasteiger charge is 2.39. The van der Waals surface area contributed by atoms with Crippen LogP contribution in [-0.4, -0.2) is 41.3 Å². The summed E-state index contributed by atoms with van der Waals surface area (Å²) in [6.07, 6.45) is 0.904. The molecule has 0 saturated carbocycles. The average Bonchev–Trinajstić information content (AvgIpc) is 3.17. The van der Waals surface area contributed by atoms with Gasteiger partial charge in [-0.3, -0.25) is 4.79 Å². The van der Waals surface area contributed by atoms with Gasteiger partial charge < -0.3 is 20.5 Å². The Bertz CT molecular complexity index is 1020. The number of benzene rings is 2. The smallest absolute Gasteiger partial charge is 0.408 e. The summed E-state index contributed by atoms with van der Waals surface area (Å²) in [4.78, 5) is 37.7. The van der Waals surface area contributed by atoms with E-state index >= 15 is 0 Å². The molecule has 0 aliphatic heterocycles.